The van der Waals surface area contributed by atoms with Gasteiger partial charge in [0.2, 0.25) is 0 Å². The van der Waals surface area contributed by atoms with Crippen molar-refractivity contribution in [2.75, 3.05) is 14.2 Å². The molecule has 0 bridgehead atoms. The summed E-state index contributed by atoms with van der Waals surface area (Å²) in [5.74, 6) is 1.26. The van der Waals surface area contributed by atoms with Gasteiger partial charge < -0.3 is 14.9 Å². The number of nitriles is 1. The van der Waals surface area contributed by atoms with E-state index in [0.29, 0.717) is 23.5 Å². The maximum atomic E-state index is 11.1. The van der Waals surface area contributed by atoms with Crippen molar-refractivity contribution in [3.05, 3.63) is 62.7 Å². The lowest BCUT2D eigenvalue weighted by Gasteiger charge is -2.42. The van der Waals surface area contributed by atoms with Crippen LogP contribution in [0.5, 0.6) is 11.5 Å². The van der Waals surface area contributed by atoms with Crippen LogP contribution in [0.15, 0.2) is 42.1 Å². The monoisotopic (exact) mass is 413 g/mol. The Morgan fingerprint density at radius 3 is 2.72 bits per heavy atom. The molecular weight excluding hydrogens is 394 g/mol. The second-order valence-electron chi connectivity index (χ2n) is 6.67. The number of fused-ring (bicyclic) bond motifs is 1. The summed E-state index contributed by atoms with van der Waals surface area (Å²) >= 11 is 1.15. The van der Waals surface area contributed by atoms with Gasteiger partial charge >= 0.3 is 5.00 Å². The average molecular weight is 413 g/mol. The summed E-state index contributed by atoms with van der Waals surface area (Å²) in [7, 11) is 3.17. The highest BCUT2D eigenvalue weighted by molar-refractivity contribution is 7.15. The molecule has 150 valence electrons. The fraction of sp³-hybridized carbons (Fsp3) is 0.316. The molecule has 3 unspecified atom stereocenters. The van der Waals surface area contributed by atoms with Crippen LogP contribution in [0, 0.1) is 21.4 Å². The molecule has 2 aromatic rings. The zero-order chi connectivity index (χ0) is 20.5. The Hall–Kier alpha value is -3.13. The van der Waals surface area contributed by atoms with Gasteiger partial charge in [-0.3, -0.25) is 15.4 Å². The van der Waals surface area contributed by atoms with E-state index in [-0.39, 0.29) is 28.2 Å². The first-order valence-corrected chi connectivity index (χ1v) is 9.74. The van der Waals surface area contributed by atoms with E-state index in [1.807, 2.05) is 23.2 Å². The molecule has 9 nitrogen and oxygen atoms in total. The number of hydrogen-bond donors (Lipinski definition) is 2. The normalized spacial score (nSPS) is 23.5. The van der Waals surface area contributed by atoms with Crippen molar-refractivity contribution in [2.24, 2.45) is 0 Å². The minimum atomic E-state index is -0.382. The number of nitro groups is 1. The Kier molecular flexibility index (Phi) is 5.10. The average Bonchev–Trinajstić information content (AvgIpc) is 3.39. The summed E-state index contributed by atoms with van der Waals surface area (Å²) in [5, 5.41) is 26.1. The smallest absolute Gasteiger partial charge is 0.324 e. The second-order valence-corrected chi connectivity index (χ2v) is 7.76. The quantitative estimate of drug-likeness (QED) is 0.568. The number of hydrogen-bond acceptors (Lipinski definition) is 9. The fourth-order valence-corrected chi connectivity index (χ4v) is 4.65. The van der Waals surface area contributed by atoms with Gasteiger partial charge in [-0.15, -0.1) is 0 Å². The minimum Gasteiger partial charge on any atom is -0.493 e. The van der Waals surface area contributed by atoms with Crippen LogP contribution in [0.4, 0.5) is 5.00 Å². The zero-order valence-electron chi connectivity index (χ0n) is 15.8. The van der Waals surface area contributed by atoms with E-state index >= 15 is 0 Å². The first-order valence-electron chi connectivity index (χ1n) is 8.92. The number of nitrogens with zero attached hydrogens (tertiary/aromatic N) is 3. The SMILES string of the molecule is COc1ccc(C2CC(c3ccc([N+](=O)[O-])s3)NC3C(C#N)=CNN32)cc1OC. The Labute approximate surface area is 171 Å². The molecule has 0 radical (unpaired) electrons. The van der Waals surface area contributed by atoms with Crippen molar-refractivity contribution in [1.82, 2.24) is 15.8 Å². The van der Waals surface area contributed by atoms with Gasteiger partial charge in [-0.05, 0) is 30.2 Å². The van der Waals surface area contributed by atoms with E-state index in [2.05, 4.69) is 16.8 Å². The van der Waals surface area contributed by atoms with E-state index in [0.717, 1.165) is 21.8 Å². The second kappa shape index (κ2) is 7.71. The van der Waals surface area contributed by atoms with E-state index in [1.54, 1.807) is 26.5 Å². The predicted octanol–water partition coefficient (Wildman–Crippen LogP) is 3.00. The number of rotatable bonds is 5. The van der Waals surface area contributed by atoms with Crippen molar-refractivity contribution in [1.29, 1.82) is 5.26 Å². The largest absolute Gasteiger partial charge is 0.493 e. The van der Waals surface area contributed by atoms with E-state index in [1.165, 1.54) is 6.07 Å². The van der Waals surface area contributed by atoms with Crippen LogP contribution >= 0.6 is 11.3 Å². The van der Waals surface area contributed by atoms with E-state index < -0.39 is 0 Å². The van der Waals surface area contributed by atoms with Crippen molar-refractivity contribution < 1.29 is 14.4 Å². The third-order valence-electron chi connectivity index (χ3n) is 5.15. The van der Waals surface area contributed by atoms with Crippen LogP contribution in [0.25, 0.3) is 0 Å². The first kappa shape index (κ1) is 19.2. The zero-order valence-corrected chi connectivity index (χ0v) is 16.6. The highest BCUT2D eigenvalue weighted by Gasteiger charge is 2.42. The molecular formula is C19H19N5O4S. The molecule has 0 saturated carbocycles. The standard InChI is InChI=1S/C19H19N5O4S/c1-27-15-4-3-11(7-16(15)28-2)14-8-13(17-5-6-18(29-17)24(25)26)22-19-12(9-20)10-21-23(14)19/h3-7,10,13-14,19,21-22H,8H2,1-2H3. The molecule has 2 aliphatic heterocycles. The number of hydrazine groups is 1. The van der Waals surface area contributed by atoms with Crippen LogP contribution in [0.2, 0.25) is 0 Å². The lowest BCUT2D eigenvalue weighted by atomic mass is 9.93. The third-order valence-corrected chi connectivity index (χ3v) is 6.30. The van der Waals surface area contributed by atoms with Crippen molar-refractivity contribution in [3.63, 3.8) is 0 Å². The molecule has 0 amide bonds. The van der Waals surface area contributed by atoms with Gasteiger partial charge in [0.1, 0.15) is 6.17 Å². The molecule has 0 spiro atoms. The first-order chi connectivity index (χ1) is 14.0. The number of nitrogens with one attached hydrogen (secondary N) is 2. The summed E-state index contributed by atoms with van der Waals surface area (Å²) in [5.41, 5.74) is 4.73. The van der Waals surface area contributed by atoms with Gasteiger partial charge in [-0.25, -0.2) is 0 Å². The Balaban J connectivity index is 1.70. The van der Waals surface area contributed by atoms with Gasteiger partial charge in [0.05, 0.1) is 36.8 Å². The molecule has 1 aromatic heterocycles. The van der Waals surface area contributed by atoms with Crippen molar-refractivity contribution >= 4 is 16.3 Å². The summed E-state index contributed by atoms with van der Waals surface area (Å²) in [6.07, 6.45) is 2.01. The predicted molar refractivity (Wildman–Crippen MR) is 106 cm³/mol. The highest BCUT2D eigenvalue weighted by atomic mass is 32.1. The molecule has 1 fully saturated rings. The number of ether oxygens (including phenoxy) is 2. The van der Waals surface area contributed by atoms with Crippen LogP contribution in [-0.4, -0.2) is 30.3 Å². The number of methoxy groups -OCH3 is 2. The van der Waals surface area contributed by atoms with Crippen LogP contribution < -0.4 is 20.2 Å². The summed E-state index contributed by atoms with van der Waals surface area (Å²) in [6, 6.07) is 11.0. The minimum absolute atomic E-state index is 0.0886. The van der Waals surface area contributed by atoms with Gasteiger partial charge in [0, 0.05) is 23.2 Å². The molecule has 4 rings (SSSR count). The topological polar surface area (TPSA) is 113 Å². The van der Waals surface area contributed by atoms with Crippen LogP contribution in [0.3, 0.4) is 0 Å². The van der Waals surface area contributed by atoms with Crippen LogP contribution in [-0.2, 0) is 0 Å². The number of benzene rings is 1. The molecule has 3 atom stereocenters. The molecule has 1 saturated heterocycles. The summed E-state index contributed by atoms with van der Waals surface area (Å²) in [4.78, 5) is 11.6. The van der Waals surface area contributed by atoms with Crippen LogP contribution in [0.1, 0.15) is 28.9 Å². The Bertz CT molecular complexity index is 1010. The molecule has 1 aromatic carbocycles. The highest BCUT2D eigenvalue weighted by Crippen LogP contribution is 2.43. The van der Waals surface area contributed by atoms with Gasteiger partial charge in [-0.1, -0.05) is 17.4 Å². The maximum Gasteiger partial charge on any atom is 0.324 e. The van der Waals surface area contributed by atoms with E-state index in [4.69, 9.17) is 9.47 Å². The van der Waals surface area contributed by atoms with Gasteiger partial charge in [-0.2, -0.15) is 10.3 Å². The molecule has 2 N–H and O–H groups in total. The molecule has 10 heteroatoms. The maximum absolute atomic E-state index is 11.1. The Morgan fingerprint density at radius 2 is 2.07 bits per heavy atom. The fourth-order valence-electron chi connectivity index (χ4n) is 3.76. The lowest BCUT2D eigenvalue weighted by molar-refractivity contribution is -0.380. The van der Waals surface area contributed by atoms with E-state index in [9.17, 15) is 15.4 Å². The molecule has 0 aliphatic carbocycles. The Morgan fingerprint density at radius 1 is 1.28 bits per heavy atom. The third kappa shape index (κ3) is 3.40. The van der Waals surface area contributed by atoms with Crippen molar-refractivity contribution in [2.45, 2.75) is 24.7 Å². The van der Waals surface area contributed by atoms with Crippen molar-refractivity contribution in [3.8, 4) is 17.6 Å². The number of thiophene rings is 1. The molecule has 3 heterocycles. The molecule has 2 aliphatic rings. The van der Waals surface area contributed by atoms with Gasteiger partial charge in [0.15, 0.2) is 11.5 Å². The summed E-state index contributed by atoms with van der Waals surface area (Å²) < 4.78 is 10.8. The lowest BCUT2D eigenvalue weighted by Crippen LogP contribution is -2.54. The summed E-state index contributed by atoms with van der Waals surface area (Å²) in [6.45, 7) is 0. The molecule has 29 heavy (non-hydrogen) atoms. The van der Waals surface area contributed by atoms with Gasteiger partial charge in [0.25, 0.3) is 0 Å².